The first-order valence-corrected chi connectivity index (χ1v) is 8.75. The van der Waals surface area contributed by atoms with Gasteiger partial charge in [-0.15, -0.1) is 5.10 Å². The number of nitrogens with zero attached hydrogens (tertiary/aromatic N) is 2. The molecule has 0 spiro atoms. The topological polar surface area (TPSA) is 147 Å². The Hall–Kier alpha value is -3.02. The first-order valence-electron chi connectivity index (χ1n) is 7.31. The number of ether oxygens (including phenoxy) is 1. The summed E-state index contributed by atoms with van der Waals surface area (Å²) in [5, 5.41) is 15.2. The third kappa shape index (κ3) is 7.81. The summed E-state index contributed by atoms with van der Waals surface area (Å²) in [6, 6.07) is 10.3. The predicted octanol–water partition coefficient (Wildman–Crippen LogP) is 1.70. The fraction of sp³-hybridized carbons (Fsp3) is 0.125. The molecule has 2 aromatic carbocycles. The monoisotopic (exact) mass is 398 g/mol. The van der Waals surface area contributed by atoms with Crippen LogP contribution in [0.2, 0.25) is 0 Å². The highest BCUT2D eigenvalue weighted by molar-refractivity contribution is 7.85. The van der Waals surface area contributed by atoms with E-state index in [0.717, 1.165) is 5.56 Å². The predicted molar refractivity (Wildman–Crippen MR) is 98.1 cm³/mol. The Bertz CT molecular complexity index is 915. The summed E-state index contributed by atoms with van der Waals surface area (Å²) in [4.78, 5) is -0.0666. The van der Waals surface area contributed by atoms with E-state index in [9.17, 15) is 12.8 Å². The van der Waals surface area contributed by atoms with Crippen molar-refractivity contribution in [1.29, 1.82) is 0 Å². The van der Waals surface area contributed by atoms with Crippen LogP contribution >= 0.6 is 0 Å². The number of hydrogen-bond donors (Lipinski definition) is 4. The van der Waals surface area contributed by atoms with Crippen LogP contribution < -0.4 is 16.0 Å². The molecule has 0 atom stereocenters. The number of nitrogens with one attached hydrogen (secondary N) is 1. The van der Waals surface area contributed by atoms with Crippen LogP contribution in [-0.4, -0.2) is 37.5 Å². The highest BCUT2D eigenvalue weighted by Gasteiger charge is 2.06. The van der Waals surface area contributed by atoms with Crippen LogP contribution in [0.1, 0.15) is 11.1 Å². The van der Waals surface area contributed by atoms with E-state index in [1.165, 1.54) is 37.6 Å². The normalized spacial score (nSPS) is 11.7. The zero-order valence-electron chi connectivity index (χ0n) is 14.5. The summed E-state index contributed by atoms with van der Waals surface area (Å²) in [6.07, 6.45) is 1.28. The Kier molecular flexibility index (Phi) is 8.33. The average Bonchev–Trinajstić information content (AvgIpc) is 2.62. The van der Waals surface area contributed by atoms with Crippen LogP contribution in [0.3, 0.4) is 0 Å². The maximum absolute atomic E-state index is 13.2. The first-order chi connectivity index (χ1) is 12.7. The smallest absolute Gasteiger partial charge is 0.294 e. The fourth-order valence-electron chi connectivity index (χ4n) is 1.65. The van der Waals surface area contributed by atoms with Gasteiger partial charge in [0, 0.05) is 0 Å². The van der Waals surface area contributed by atoms with E-state index in [2.05, 4.69) is 10.2 Å². The van der Waals surface area contributed by atoms with E-state index in [4.69, 9.17) is 20.2 Å². The van der Waals surface area contributed by atoms with Crippen molar-refractivity contribution < 1.29 is 27.3 Å². The lowest BCUT2D eigenvalue weighted by atomic mass is 10.2. The van der Waals surface area contributed by atoms with Crippen molar-refractivity contribution >= 4 is 22.3 Å². The molecular formula is C16H19FN4O5S. The van der Waals surface area contributed by atoms with Crippen LogP contribution in [-0.2, 0) is 10.1 Å². The minimum Gasteiger partial charge on any atom is -0.494 e. The number of nitrogens with two attached hydrogens (primary N) is 1. The van der Waals surface area contributed by atoms with Gasteiger partial charge in [-0.3, -0.25) is 9.76 Å². The number of methoxy groups -OCH3 is 1. The second-order valence-electron chi connectivity index (χ2n) is 5.02. The number of hydroxylamine groups is 1. The van der Waals surface area contributed by atoms with Crippen LogP contribution in [0.25, 0.3) is 0 Å². The molecule has 0 amide bonds. The second kappa shape index (κ2) is 10.2. The maximum Gasteiger partial charge on any atom is 0.294 e. The molecule has 0 saturated carbocycles. The van der Waals surface area contributed by atoms with Crippen LogP contribution in [0.15, 0.2) is 57.6 Å². The van der Waals surface area contributed by atoms with Crippen molar-refractivity contribution in [1.82, 2.24) is 5.48 Å². The molecule has 0 saturated heterocycles. The molecule has 0 aliphatic carbocycles. The van der Waals surface area contributed by atoms with Gasteiger partial charge in [0.25, 0.3) is 10.1 Å². The van der Waals surface area contributed by atoms with E-state index in [0.29, 0.717) is 5.56 Å². The van der Waals surface area contributed by atoms with Gasteiger partial charge in [0.2, 0.25) is 5.96 Å². The Morgan fingerprint density at radius 1 is 1.26 bits per heavy atom. The summed E-state index contributed by atoms with van der Waals surface area (Å²) in [7, 11) is -2.64. The molecular weight excluding hydrogens is 379 g/mol. The quantitative estimate of drug-likeness (QED) is 0.265. The third-order valence-electron chi connectivity index (χ3n) is 2.98. The molecule has 2 rings (SSSR count). The van der Waals surface area contributed by atoms with Crippen LogP contribution in [0.5, 0.6) is 5.75 Å². The number of hydrogen-bond acceptors (Lipinski definition) is 6. The molecule has 9 nitrogen and oxygen atoms in total. The minimum atomic E-state index is -4.02. The zero-order valence-corrected chi connectivity index (χ0v) is 15.3. The van der Waals surface area contributed by atoms with Crippen LogP contribution in [0, 0.1) is 12.7 Å². The second-order valence-corrected chi connectivity index (χ2v) is 6.45. The van der Waals surface area contributed by atoms with E-state index in [-0.39, 0.29) is 16.6 Å². The molecule has 0 heterocycles. The molecule has 5 N–H and O–H groups in total. The molecule has 0 unspecified atom stereocenters. The molecule has 0 bridgehead atoms. The highest BCUT2D eigenvalue weighted by Crippen LogP contribution is 2.16. The Labute approximate surface area is 155 Å². The van der Waals surface area contributed by atoms with Crippen molar-refractivity contribution in [2.45, 2.75) is 11.8 Å². The zero-order chi connectivity index (χ0) is 20.4. The number of aryl methyl sites for hydroxylation is 1. The molecule has 0 aromatic heterocycles. The van der Waals surface area contributed by atoms with Gasteiger partial charge in [0.05, 0.1) is 18.2 Å². The van der Waals surface area contributed by atoms with Crippen molar-refractivity contribution in [2.24, 2.45) is 15.9 Å². The molecule has 0 aliphatic heterocycles. The Morgan fingerprint density at radius 2 is 1.89 bits per heavy atom. The fourth-order valence-corrected chi connectivity index (χ4v) is 2.13. The number of benzene rings is 2. The lowest BCUT2D eigenvalue weighted by Gasteiger charge is -2.01. The molecule has 11 heteroatoms. The summed E-state index contributed by atoms with van der Waals surface area (Å²) in [5.41, 5.74) is 8.14. The summed E-state index contributed by atoms with van der Waals surface area (Å²) < 4.78 is 47.5. The lowest BCUT2D eigenvalue weighted by Crippen LogP contribution is -2.27. The van der Waals surface area contributed by atoms with Gasteiger partial charge in [-0.2, -0.15) is 13.5 Å². The number of guanidine groups is 1. The Balaban J connectivity index is 0.000000289. The number of rotatable bonds is 4. The van der Waals surface area contributed by atoms with E-state index in [1.807, 2.05) is 6.92 Å². The maximum atomic E-state index is 13.2. The summed E-state index contributed by atoms with van der Waals surface area (Å²) >= 11 is 0. The van der Waals surface area contributed by atoms with Crippen molar-refractivity contribution in [3.63, 3.8) is 0 Å². The SMILES string of the molecule is COc1ccc(C=N/N=C(\N)NO)cc1F.Cc1ccc(S(=O)(=O)O)cc1. The van der Waals surface area contributed by atoms with Gasteiger partial charge in [0.15, 0.2) is 11.6 Å². The summed E-state index contributed by atoms with van der Waals surface area (Å²) in [6.45, 7) is 1.84. The number of halogens is 1. The van der Waals surface area contributed by atoms with Gasteiger partial charge in [-0.25, -0.2) is 9.87 Å². The standard InChI is InChI=1S/C9H11FN4O2.C7H8O3S/c1-16-8-3-2-6(4-7(8)10)5-12-13-9(11)14-15;1-6-2-4-7(5-3-6)11(8,9)10/h2-5,15H,1H3,(H3,11,13,14);2-5H,1H3,(H,8,9,10). The average molecular weight is 398 g/mol. The van der Waals surface area contributed by atoms with Crippen molar-refractivity contribution in [2.75, 3.05) is 7.11 Å². The molecule has 146 valence electrons. The molecule has 27 heavy (non-hydrogen) atoms. The van der Waals surface area contributed by atoms with Crippen LogP contribution in [0.4, 0.5) is 4.39 Å². The highest BCUT2D eigenvalue weighted by atomic mass is 32.2. The molecule has 0 aliphatic rings. The van der Waals surface area contributed by atoms with Gasteiger partial charge in [-0.05, 0) is 42.8 Å². The van der Waals surface area contributed by atoms with Gasteiger partial charge < -0.3 is 10.5 Å². The third-order valence-corrected chi connectivity index (χ3v) is 3.85. The first kappa shape index (κ1) is 22.0. The summed E-state index contributed by atoms with van der Waals surface area (Å²) in [5.74, 6) is -0.605. The van der Waals surface area contributed by atoms with Crippen molar-refractivity contribution in [3.8, 4) is 5.75 Å². The molecule has 0 fully saturated rings. The molecule has 2 aromatic rings. The molecule has 0 radical (unpaired) electrons. The van der Waals surface area contributed by atoms with E-state index >= 15 is 0 Å². The van der Waals surface area contributed by atoms with Gasteiger partial charge in [0.1, 0.15) is 0 Å². The lowest BCUT2D eigenvalue weighted by molar-refractivity contribution is 0.232. The largest absolute Gasteiger partial charge is 0.494 e. The van der Waals surface area contributed by atoms with E-state index in [1.54, 1.807) is 23.7 Å². The van der Waals surface area contributed by atoms with Gasteiger partial charge in [-0.1, -0.05) is 17.7 Å². The van der Waals surface area contributed by atoms with Crippen molar-refractivity contribution in [3.05, 3.63) is 59.4 Å². The van der Waals surface area contributed by atoms with Gasteiger partial charge >= 0.3 is 0 Å². The minimum absolute atomic E-state index is 0.0666. The van der Waals surface area contributed by atoms with E-state index < -0.39 is 15.9 Å². The Morgan fingerprint density at radius 3 is 2.37 bits per heavy atom.